The molecule has 0 aromatic carbocycles. The molecule has 1 unspecified atom stereocenters. The maximum Gasteiger partial charge on any atom is 0.0633 e. The predicted octanol–water partition coefficient (Wildman–Crippen LogP) is 5.86. The predicted molar refractivity (Wildman–Crippen MR) is 86.4 cm³/mol. The van der Waals surface area contributed by atoms with Crippen LogP contribution in [0, 0.1) is 11.3 Å². The van der Waals surface area contributed by atoms with Gasteiger partial charge in [0.25, 0.3) is 0 Å². The Morgan fingerprint density at radius 2 is 1.68 bits per heavy atom. The van der Waals surface area contributed by atoms with Crippen LogP contribution in [-0.2, 0) is 0 Å². The van der Waals surface area contributed by atoms with Gasteiger partial charge in [0.05, 0.1) is 6.07 Å². The van der Waals surface area contributed by atoms with Gasteiger partial charge in [-0.25, -0.2) is 0 Å². The smallest absolute Gasteiger partial charge is 0.0633 e. The molecule has 1 aliphatic rings. The highest BCUT2D eigenvalue weighted by Gasteiger charge is 2.20. The van der Waals surface area contributed by atoms with Crippen molar-refractivity contribution in [3.05, 3.63) is 11.1 Å². The Balaban J connectivity index is 2.54. The van der Waals surface area contributed by atoms with Crippen molar-refractivity contribution in [3.8, 4) is 6.07 Å². The van der Waals surface area contributed by atoms with E-state index in [1.165, 1.54) is 63.5 Å². The summed E-state index contributed by atoms with van der Waals surface area (Å²) in [6.45, 7) is 4.54. The summed E-state index contributed by atoms with van der Waals surface area (Å²) < 4.78 is 0. The number of rotatable bonds is 9. The van der Waals surface area contributed by atoms with Crippen molar-refractivity contribution in [1.82, 2.24) is 0 Å². The molecule has 0 saturated heterocycles. The van der Waals surface area contributed by atoms with Crippen LogP contribution < -0.4 is 0 Å². The summed E-state index contributed by atoms with van der Waals surface area (Å²) in [5.74, 6) is 1.19. The first kappa shape index (κ1) is 16.6. The fraction of sp³-hybridized carbons (Fsp3) is 0.824. The molecule has 0 saturated carbocycles. The zero-order valence-corrected chi connectivity index (χ0v) is 13.5. The molecule has 1 heterocycles. The van der Waals surface area contributed by atoms with Gasteiger partial charge < -0.3 is 0 Å². The molecule has 0 aliphatic carbocycles. The van der Waals surface area contributed by atoms with Crippen molar-refractivity contribution in [1.29, 1.82) is 5.26 Å². The number of thioether (sulfide) groups is 1. The quantitative estimate of drug-likeness (QED) is 0.390. The van der Waals surface area contributed by atoms with Gasteiger partial charge in [-0.3, -0.25) is 0 Å². The first-order valence-electron chi connectivity index (χ1n) is 8.00. The summed E-state index contributed by atoms with van der Waals surface area (Å²) in [6.07, 6.45) is 12.5. The molecule has 1 nitrogen and oxygen atoms in total. The molecule has 1 aliphatic heterocycles. The Morgan fingerprint density at radius 1 is 1.05 bits per heavy atom. The monoisotopic (exact) mass is 279 g/mol. The average Bonchev–Trinajstić information content (AvgIpc) is 2.42. The van der Waals surface area contributed by atoms with Crippen LogP contribution in [0.1, 0.15) is 78.1 Å². The molecule has 0 fully saturated rings. The van der Waals surface area contributed by atoms with Gasteiger partial charge in [0.2, 0.25) is 0 Å². The van der Waals surface area contributed by atoms with Gasteiger partial charge in [0.1, 0.15) is 0 Å². The van der Waals surface area contributed by atoms with E-state index in [1.807, 2.05) is 11.8 Å². The van der Waals surface area contributed by atoms with E-state index in [2.05, 4.69) is 19.9 Å². The molecular weight excluding hydrogens is 250 g/mol. The Bertz CT molecular complexity index is 314. The van der Waals surface area contributed by atoms with E-state index in [0.717, 1.165) is 6.42 Å². The molecule has 0 amide bonds. The molecule has 108 valence electrons. The maximum atomic E-state index is 8.88. The molecule has 2 heteroatoms. The highest BCUT2D eigenvalue weighted by atomic mass is 32.2. The third-order valence-electron chi connectivity index (χ3n) is 3.95. The van der Waals surface area contributed by atoms with Crippen LogP contribution in [-0.4, -0.2) is 11.0 Å². The van der Waals surface area contributed by atoms with Gasteiger partial charge >= 0.3 is 0 Å². The number of unbranched alkanes of at least 4 members (excludes halogenated alkanes) is 4. The first-order chi connectivity index (χ1) is 9.31. The molecule has 1 atom stereocenters. The molecule has 19 heavy (non-hydrogen) atoms. The fourth-order valence-corrected chi connectivity index (χ4v) is 4.03. The maximum absolute atomic E-state index is 8.88. The van der Waals surface area contributed by atoms with Crippen molar-refractivity contribution >= 4 is 11.8 Å². The van der Waals surface area contributed by atoms with Gasteiger partial charge in [0, 0.05) is 17.4 Å². The number of hydrogen-bond donors (Lipinski definition) is 0. The summed E-state index contributed by atoms with van der Waals surface area (Å²) in [4.78, 5) is 0. The fourth-order valence-electron chi connectivity index (χ4n) is 2.74. The van der Waals surface area contributed by atoms with Crippen molar-refractivity contribution < 1.29 is 0 Å². The topological polar surface area (TPSA) is 23.8 Å². The second-order valence-corrected chi connectivity index (χ2v) is 6.91. The summed E-state index contributed by atoms with van der Waals surface area (Å²) in [7, 11) is 0. The van der Waals surface area contributed by atoms with Crippen LogP contribution in [0.3, 0.4) is 0 Å². The van der Waals surface area contributed by atoms with Crippen molar-refractivity contribution in [2.45, 2.75) is 83.3 Å². The zero-order chi connectivity index (χ0) is 13.9. The van der Waals surface area contributed by atoms with Crippen molar-refractivity contribution in [2.24, 2.45) is 0 Å². The molecule has 0 radical (unpaired) electrons. The summed E-state index contributed by atoms with van der Waals surface area (Å²) in [5, 5.41) is 9.44. The standard InChI is InChI=1S/C17H29NS/c1-3-5-7-9-15-13-17(11-12-18)19-14-16(15)10-8-6-4-2/h17H,3-11,13-14H2,1-2H3. The third-order valence-corrected chi connectivity index (χ3v) is 5.27. The molecule has 0 N–H and O–H groups in total. The number of hydrogen-bond acceptors (Lipinski definition) is 2. The van der Waals surface area contributed by atoms with Gasteiger partial charge in [-0.2, -0.15) is 17.0 Å². The summed E-state index contributed by atoms with van der Waals surface area (Å²) in [6, 6.07) is 2.35. The van der Waals surface area contributed by atoms with Crippen LogP contribution >= 0.6 is 11.8 Å². The number of nitriles is 1. The summed E-state index contributed by atoms with van der Waals surface area (Å²) >= 11 is 2.02. The SMILES string of the molecule is CCCCCC1=C(CCCCC)CC(CC#N)SC1. The van der Waals surface area contributed by atoms with Crippen LogP contribution in [0.15, 0.2) is 11.1 Å². The van der Waals surface area contributed by atoms with E-state index in [1.54, 1.807) is 11.1 Å². The zero-order valence-electron chi connectivity index (χ0n) is 12.7. The minimum Gasteiger partial charge on any atom is -0.198 e. The summed E-state index contributed by atoms with van der Waals surface area (Å²) in [5.41, 5.74) is 3.44. The van der Waals surface area contributed by atoms with Crippen LogP contribution in [0.4, 0.5) is 0 Å². The Morgan fingerprint density at radius 3 is 2.26 bits per heavy atom. The normalized spacial score (nSPS) is 19.5. The van der Waals surface area contributed by atoms with E-state index in [-0.39, 0.29) is 0 Å². The molecule has 0 spiro atoms. The van der Waals surface area contributed by atoms with Gasteiger partial charge in [-0.05, 0) is 32.1 Å². The lowest BCUT2D eigenvalue weighted by atomic mass is 9.93. The van der Waals surface area contributed by atoms with E-state index < -0.39 is 0 Å². The second kappa shape index (κ2) is 10.4. The van der Waals surface area contributed by atoms with Gasteiger partial charge in [-0.15, -0.1) is 0 Å². The molecular formula is C17H29NS. The first-order valence-corrected chi connectivity index (χ1v) is 9.05. The van der Waals surface area contributed by atoms with Crippen LogP contribution in [0.2, 0.25) is 0 Å². The lowest BCUT2D eigenvalue weighted by molar-refractivity contribution is 0.659. The lowest BCUT2D eigenvalue weighted by Crippen LogP contribution is -2.13. The molecule has 0 aromatic heterocycles. The second-order valence-electron chi connectivity index (χ2n) is 5.62. The average molecular weight is 279 g/mol. The highest BCUT2D eigenvalue weighted by molar-refractivity contribution is 8.00. The molecule has 0 aromatic rings. The highest BCUT2D eigenvalue weighted by Crippen LogP contribution is 2.36. The minimum absolute atomic E-state index is 0.566. The van der Waals surface area contributed by atoms with Gasteiger partial charge in [0.15, 0.2) is 0 Å². The van der Waals surface area contributed by atoms with E-state index in [4.69, 9.17) is 5.26 Å². The Kier molecular flexibility index (Phi) is 9.08. The van der Waals surface area contributed by atoms with E-state index in [9.17, 15) is 0 Å². The number of allylic oxidation sites excluding steroid dienone is 1. The molecule has 0 bridgehead atoms. The third kappa shape index (κ3) is 6.52. The van der Waals surface area contributed by atoms with Crippen LogP contribution in [0.5, 0.6) is 0 Å². The number of nitrogens with zero attached hydrogens (tertiary/aromatic N) is 1. The van der Waals surface area contributed by atoms with E-state index in [0.29, 0.717) is 5.25 Å². The Labute approximate surface area is 123 Å². The minimum atomic E-state index is 0.566. The lowest BCUT2D eigenvalue weighted by Gasteiger charge is -2.26. The Hall–Kier alpha value is -0.420. The van der Waals surface area contributed by atoms with Crippen molar-refractivity contribution in [2.75, 3.05) is 5.75 Å². The largest absolute Gasteiger partial charge is 0.198 e. The molecule has 1 rings (SSSR count). The van der Waals surface area contributed by atoms with Gasteiger partial charge in [-0.1, -0.05) is 50.7 Å². The van der Waals surface area contributed by atoms with E-state index >= 15 is 0 Å². The van der Waals surface area contributed by atoms with Crippen molar-refractivity contribution in [3.63, 3.8) is 0 Å². The van der Waals surface area contributed by atoms with Crippen LogP contribution in [0.25, 0.3) is 0 Å².